The first-order valence-electron chi connectivity index (χ1n) is 19.5. The van der Waals surface area contributed by atoms with Crippen molar-refractivity contribution in [2.24, 2.45) is 11.8 Å². The summed E-state index contributed by atoms with van der Waals surface area (Å²) in [7, 11) is 0. The number of carboxylic acids is 2. The molecule has 17 heteroatoms. The molecule has 0 aromatic heterocycles. The van der Waals surface area contributed by atoms with E-state index in [1.165, 1.54) is 22.5 Å². The summed E-state index contributed by atoms with van der Waals surface area (Å²) in [6.07, 6.45) is 24.7. The van der Waals surface area contributed by atoms with Crippen LogP contribution in [0.25, 0.3) is 12.2 Å². The summed E-state index contributed by atoms with van der Waals surface area (Å²) in [5, 5.41) is 31.2. The summed E-state index contributed by atoms with van der Waals surface area (Å²) in [5.41, 5.74) is 5.88. The molecule has 344 valence electrons. The van der Waals surface area contributed by atoms with Crippen LogP contribution in [0.4, 0.5) is 11.4 Å². The molecule has 2 unspecified atom stereocenters. The number of carbonyl (C=O) groups excluding carboxylic acids is 2. The van der Waals surface area contributed by atoms with Gasteiger partial charge in [0, 0.05) is 59.5 Å². The van der Waals surface area contributed by atoms with Crippen LogP contribution in [0.3, 0.4) is 0 Å². The van der Waals surface area contributed by atoms with E-state index in [-0.39, 0.29) is 82.2 Å². The predicted octanol–water partition coefficient (Wildman–Crippen LogP) is 6.04. The van der Waals surface area contributed by atoms with Gasteiger partial charge in [-0.3, -0.25) is 29.6 Å². The van der Waals surface area contributed by atoms with Gasteiger partial charge in [-0.05, 0) is 84.7 Å². The van der Waals surface area contributed by atoms with Gasteiger partial charge in [-0.1, -0.05) is 100 Å². The van der Waals surface area contributed by atoms with Crippen molar-refractivity contribution in [3.8, 4) is 0 Å². The summed E-state index contributed by atoms with van der Waals surface area (Å²) in [5.74, 6) is -3.04. The number of nitrogens with zero attached hydrogens (tertiary/aromatic N) is 4. The number of hydrazine groups is 2. The fourth-order valence-corrected chi connectivity index (χ4v) is 6.13. The van der Waals surface area contributed by atoms with Gasteiger partial charge in [0.15, 0.2) is 0 Å². The fourth-order valence-electron chi connectivity index (χ4n) is 6.13. The Morgan fingerprint density at radius 2 is 0.754 bits per heavy atom. The number of allylic oxidation sites excluding steroid dienone is 4. The Balaban J connectivity index is 0.000000820. The van der Waals surface area contributed by atoms with E-state index in [1.54, 1.807) is 88.4 Å². The average Bonchev–Trinajstić information content (AvgIpc) is 3.28. The minimum absolute atomic E-state index is 0. The Kier molecular flexibility index (Phi) is 26.3. The molecular weight excluding hydrogens is 1190 g/mol. The maximum Gasteiger partial charge on any atom is 4.00 e. The summed E-state index contributed by atoms with van der Waals surface area (Å²) in [4.78, 5) is 45.2. The van der Waals surface area contributed by atoms with Gasteiger partial charge in [0.25, 0.3) is 11.8 Å². The van der Waals surface area contributed by atoms with Crippen LogP contribution in [0.15, 0.2) is 171 Å². The Labute approximate surface area is 408 Å². The number of benzene rings is 4. The molecule has 0 saturated heterocycles. The summed E-state index contributed by atoms with van der Waals surface area (Å²) >= 11 is 0. The molecule has 2 atom stereocenters. The van der Waals surface area contributed by atoms with Crippen molar-refractivity contribution in [1.29, 1.82) is 0 Å². The van der Waals surface area contributed by atoms with Crippen molar-refractivity contribution in [1.82, 2.24) is 20.7 Å². The van der Waals surface area contributed by atoms with Crippen molar-refractivity contribution in [2.75, 3.05) is 10.0 Å². The number of carboxylic acid groups (broad SMARTS) is 2. The molecule has 10 N–H and O–H groups in total. The summed E-state index contributed by atoms with van der Waals surface area (Å²) in [6, 6.07) is 32.1. The van der Waals surface area contributed by atoms with E-state index < -0.39 is 24.0 Å². The van der Waals surface area contributed by atoms with Gasteiger partial charge < -0.3 is 37.3 Å². The third-order valence-corrected chi connectivity index (χ3v) is 9.34. The zero-order valence-corrected chi connectivity index (χ0v) is 40.6. The first-order valence-corrected chi connectivity index (χ1v) is 19.5. The number of hydrogen-bond acceptors (Lipinski definition) is 8. The maximum atomic E-state index is 11.7. The second-order valence-corrected chi connectivity index (χ2v) is 14.4. The van der Waals surface area contributed by atoms with Crippen molar-refractivity contribution in [3.05, 3.63) is 193 Å². The largest absolute Gasteiger partial charge is 4.00 e. The van der Waals surface area contributed by atoms with E-state index in [9.17, 15) is 19.2 Å². The minimum atomic E-state index is -1.01. The first-order chi connectivity index (χ1) is 28.9. The molecule has 0 spiro atoms. The summed E-state index contributed by atoms with van der Waals surface area (Å²) < 4.78 is 0. The molecule has 15 nitrogen and oxygen atoms in total. The molecule has 0 fully saturated rings. The van der Waals surface area contributed by atoms with E-state index in [0.717, 1.165) is 0 Å². The number of anilines is 2. The Morgan fingerprint density at radius 1 is 0.446 bits per heavy atom. The Bertz CT molecular complexity index is 2140. The van der Waals surface area contributed by atoms with E-state index in [1.807, 2.05) is 36.7 Å². The molecule has 4 aliphatic heterocycles. The van der Waals surface area contributed by atoms with Gasteiger partial charge in [-0.15, -0.1) is 0 Å². The van der Waals surface area contributed by atoms with Crippen LogP contribution < -0.4 is 20.7 Å². The van der Waals surface area contributed by atoms with Crippen LogP contribution in [-0.2, 0) is 51.7 Å². The van der Waals surface area contributed by atoms with Crippen molar-refractivity contribution < 1.29 is 88.0 Å². The number of nitrogens with one attached hydrogen (secondary N) is 2. The van der Waals surface area contributed by atoms with E-state index in [0.29, 0.717) is 11.1 Å². The third-order valence-electron chi connectivity index (χ3n) is 9.34. The van der Waals surface area contributed by atoms with Crippen LogP contribution >= 0.6 is 0 Å². The van der Waals surface area contributed by atoms with Crippen LogP contribution in [0, 0.1) is 11.8 Å². The standard InChI is InChI=1S/2C12H10N2.2C12H15NO3.3H2O.2Pt/c2*1-2-6-12-11(5-1)7-10-13-8-3-4-9-14(12)13;2*1-8(2)10(12(15)16)13-11(14)9-6-4-3-5-7-9;;;;;/h2*1-10H;2*3-8,10H,1-2H3,(H,13,14)(H,15,16);3*1H2;;/q;;;;;;;2*+4. The van der Waals surface area contributed by atoms with Crippen molar-refractivity contribution in [3.63, 3.8) is 0 Å². The predicted molar refractivity (Wildman–Crippen MR) is 247 cm³/mol. The number of rotatable bonds is 8. The molecule has 8 rings (SSSR count). The quantitative estimate of drug-likeness (QED) is 0.159. The van der Waals surface area contributed by atoms with E-state index in [2.05, 4.69) is 116 Å². The number of fused-ring (bicyclic) bond motifs is 6. The second kappa shape index (κ2) is 29.2. The molecule has 4 aliphatic rings. The van der Waals surface area contributed by atoms with Gasteiger partial charge in [-0.25, -0.2) is 9.59 Å². The van der Waals surface area contributed by atoms with Crippen LogP contribution in [0.1, 0.15) is 59.5 Å². The summed E-state index contributed by atoms with van der Waals surface area (Å²) in [6.45, 7) is 7.02. The number of aliphatic carboxylic acids is 2. The Morgan fingerprint density at radius 3 is 1.08 bits per heavy atom. The second-order valence-electron chi connectivity index (χ2n) is 14.4. The van der Waals surface area contributed by atoms with Crippen LogP contribution in [0.5, 0.6) is 0 Å². The van der Waals surface area contributed by atoms with E-state index >= 15 is 0 Å². The van der Waals surface area contributed by atoms with Crippen LogP contribution in [0.2, 0.25) is 0 Å². The number of hydrogen-bond donors (Lipinski definition) is 4. The zero-order valence-electron chi connectivity index (χ0n) is 36.1. The number of para-hydroxylation sites is 2. The van der Waals surface area contributed by atoms with Crippen molar-refractivity contribution in [2.45, 2.75) is 39.8 Å². The molecule has 4 aromatic rings. The minimum Gasteiger partial charge on any atom is -0.480 e. The monoisotopic (exact) mass is 1250 g/mol. The van der Waals surface area contributed by atoms with Gasteiger partial charge in [-0.2, -0.15) is 0 Å². The van der Waals surface area contributed by atoms with Crippen molar-refractivity contribution >= 4 is 47.3 Å². The molecule has 4 aromatic carbocycles. The third kappa shape index (κ3) is 16.6. The normalized spacial score (nSPS) is 13.3. The molecule has 65 heavy (non-hydrogen) atoms. The molecule has 4 heterocycles. The van der Waals surface area contributed by atoms with Gasteiger partial charge in [0.1, 0.15) is 12.1 Å². The molecule has 0 aliphatic carbocycles. The van der Waals surface area contributed by atoms with E-state index in [4.69, 9.17) is 10.2 Å². The van der Waals surface area contributed by atoms with Gasteiger partial charge in [0.05, 0.1) is 11.4 Å². The zero-order chi connectivity index (χ0) is 43.0. The molecule has 2 amide bonds. The molecule has 0 saturated carbocycles. The smallest absolute Gasteiger partial charge is 0.480 e. The number of amides is 2. The Hall–Kier alpha value is -6.34. The molecule has 0 bridgehead atoms. The molecule has 0 radical (unpaired) electrons. The first kappa shape index (κ1) is 58.7. The number of carbonyl (C=O) groups is 4. The van der Waals surface area contributed by atoms with Gasteiger partial charge in [0.2, 0.25) is 0 Å². The van der Waals surface area contributed by atoms with Crippen LogP contribution in [-0.4, -0.2) is 72.5 Å². The topological polar surface area (TPSA) is 240 Å². The average molecular weight is 1250 g/mol. The molecular formula is C48H56N6O9Pt2+8. The SMILES string of the molecule is C1=CN2C=Cc3ccccc3N2C=C1.C1=CN2C=Cc3ccccc3N2C=C1.CC(C)C(NC(=O)c1ccccc1)C(=O)O.CC(C)C(NC(=O)c1ccccc1)C(=O)O.O.O.O.[Pt+4].[Pt+4]. The fraction of sp³-hybridized carbons (Fsp3) is 0.167. The maximum absolute atomic E-state index is 11.7. The van der Waals surface area contributed by atoms with Gasteiger partial charge >= 0.3 is 54.1 Å².